The lowest BCUT2D eigenvalue weighted by molar-refractivity contribution is -0.133. The molecule has 6 aromatic rings. The molecule has 21 heteroatoms. The Morgan fingerprint density at radius 1 is 0.600 bits per heavy atom. The number of ketones is 6. The van der Waals surface area contributed by atoms with Crippen molar-refractivity contribution in [1.82, 2.24) is 30.6 Å². The van der Waals surface area contributed by atoms with E-state index in [4.69, 9.17) is 30.9 Å². The molecule has 4 aromatic heterocycles. The fourth-order valence-corrected chi connectivity index (χ4v) is 12.1. The van der Waals surface area contributed by atoms with Crippen molar-refractivity contribution in [2.24, 2.45) is 35.5 Å². The molecule has 0 saturated heterocycles. The Morgan fingerprint density at radius 2 is 1.02 bits per heavy atom. The molecular weight excluding hydrogens is 1230 g/mol. The third kappa shape index (κ3) is 22.1. The van der Waals surface area contributed by atoms with E-state index in [1.165, 1.54) is 12.4 Å². The fraction of sp³-hybridized carbons (Fsp3) is 0.514. The highest BCUT2D eigenvalue weighted by Gasteiger charge is 2.35. The highest BCUT2D eigenvalue weighted by atomic mass is 35.5. The second-order valence-electron chi connectivity index (χ2n) is 27.8. The van der Waals surface area contributed by atoms with Crippen molar-refractivity contribution in [3.63, 3.8) is 0 Å². The first kappa shape index (κ1) is 75.6. The minimum Gasteiger partial charge on any atom is -0.496 e. The van der Waals surface area contributed by atoms with E-state index in [9.17, 15) is 47.9 Å². The van der Waals surface area contributed by atoms with Gasteiger partial charge in [0.15, 0.2) is 29.7 Å². The number of pyridine rings is 2. The minimum atomic E-state index is -1.05. The van der Waals surface area contributed by atoms with Gasteiger partial charge in [-0.2, -0.15) is 0 Å². The summed E-state index contributed by atoms with van der Waals surface area (Å²) in [6.07, 6.45) is 9.79. The number of aromatic carboxylic acids is 1. The molecule has 95 heavy (non-hydrogen) atoms. The largest absolute Gasteiger partial charge is 0.496 e. The predicted octanol–water partition coefficient (Wildman–Crippen LogP) is 13.1. The number of nitrogens with zero attached hydrogens (tertiary/aromatic N) is 2. The number of aromatic amines is 2. The zero-order chi connectivity index (χ0) is 69.9. The summed E-state index contributed by atoms with van der Waals surface area (Å²) in [5, 5.41) is 15.9. The van der Waals surface area contributed by atoms with E-state index in [-0.39, 0.29) is 112 Å². The van der Waals surface area contributed by atoms with Gasteiger partial charge in [-0.15, -0.1) is 11.6 Å². The van der Waals surface area contributed by atoms with Crippen LogP contribution in [0, 0.1) is 35.5 Å². The first-order valence-electron chi connectivity index (χ1n) is 32.9. The number of carbonyl (C=O) groups excluding carboxylic acids is 9. The Bertz CT molecular complexity index is 3670. The molecule has 0 radical (unpaired) electrons. The van der Waals surface area contributed by atoms with Gasteiger partial charge in [-0.25, -0.2) is 9.59 Å². The Kier molecular flexibility index (Phi) is 27.7. The molecule has 6 atom stereocenters. The number of methoxy groups -OCH3 is 2. The summed E-state index contributed by atoms with van der Waals surface area (Å²) in [6.45, 7) is 19.5. The number of alkyl halides is 1. The average molecular weight is 1330 g/mol. The van der Waals surface area contributed by atoms with Crippen molar-refractivity contribution in [2.45, 2.75) is 182 Å². The summed E-state index contributed by atoms with van der Waals surface area (Å²) in [4.78, 5) is 143. The highest BCUT2D eigenvalue weighted by molar-refractivity contribution is 6.28. The topological polar surface area (TPSA) is 300 Å². The van der Waals surface area contributed by atoms with E-state index < -0.39 is 54.2 Å². The number of aromatic nitrogens is 4. The van der Waals surface area contributed by atoms with E-state index in [0.29, 0.717) is 55.0 Å². The van der Waals surface area contributed by atoms with E-state index in [1.54, 1.807) is 50.6 Å². The molecule has 2 saturated carbocycles. The molecule has 8 rings (SSSR count). The summed E-state index contributed by atoms with van der Waals surface area (Å²) >= 11 is 5.82. The number of rotatable bonds is 27. The van der Waals surface area contributed by atoms with Crippen LogP contribution in [-0.4, -0.2) is 122 Å². The summed E-state index contributed by atoms with van der Waals surface area (Å²) in [7, 11) is 3.14. The van der Waals surface area contributed by atoms with Gasteiger partial charge in [-0.1, -0.05) is 94.2 Å². The maximum atomic E-state index is 13.8. The number of H-pyrrole nitrogens is 2. The van der Waals surface area contributed by atoms with Gasteiger partial charge in [0.05, 0.1) is 54.7 Å². The number of carbonyl (C=O) groups is 10. The van der Waals surface area contributed by atoms with E-state index in [0.717, 1.165) is 65.3 Å². The number of fused-ring (bicyclic) bond motifs is 2. The molecule has 2 aliphatic rings. The molecule has 0 spiro atoms. The summed E-state index contributed by atoms with van der Waals surface area (Å²) in [5.74, 6) is -4.13. The molecule has 2 aromatic carbocycles. The van der Waals surface area contributed by atoms with E-state index >= 15 is 0 Å². The Hall–Kier alpha value is -8.39. The van der Waals surface area contributed by atoms with Crippen LogP contribution in [0.15, 0.2) is 85.2 Å². The number of nitrogens with one attached hydrogen (secondary N) is 4. The van der Waals surface area contributed by atoms with Gasteiger partial charge < -0.3 is 39.9 Å². The monoisotopic (exact) mass is 1330 g/mol. The first-order valence-corrected chi connectivity index (χ1v) is 33.4. The number of amides is 2. The predicted molar refractivity (Wildman–Crippen MR) is 364 cm³/mol. The lowest BCUT2D eigenvalue weighted by Gasteiger charge is -2.27. The van der Waals surface area contributed by atoms with Crippen LogP contribution in [-0.2, 0) is 44.3 Å². The second kappa shape index (κ2) is 34.9. The van der Waals surface area contributed by atoms with Crippen molar-refractivity contribution in [2.75, 3.05) is 26.7 Å². The normalized spacial score (nSPS) is 16.3. The van der Waals surface area contributed by atoms with Gasteiger partial charge in [0.1, 0.15) is 23.1 Å². The Labute approximate surface area is 561 Å². The molecule has 0 aliphatic heterocycles. The van der Waals surface area contributed by atoms with Gasteiger partial charge in [0, 0.05) is 106 Å². The third-order valence-electron chi connectivity index (χ3n) is 17.2. The number of benzene rings is 2. The quantitative estimate of drug-likeness (QED) is 0.0182. The van der Waals surface area contributed by atoms with Crippen LogP contribution in [0.25, 0.3) is 21.8 Å². The van der Waals surface area contributed by atoms with Crippen LogP contribution in [0.4, 0.5) is 0 Å². The number of hydrogen-bond acceptors (Lipinski definition) is 15. The molecular formula is C74H95ClN6O14. The van der Waals surface area contributed by atoms with Crippen LogP contribution >= 0.6 is 11.6 Å². The zero-order valence-corrected chi connectivity index (χ0v) is 57.8. The minimum absolute atomic E-state index is 0.00327. The van der Waals surface area contributed by atoms with E-state index in [2.05, 4.69) is 30.6 Å². The Morgan fingerprint density at radius 3 is 1.38 bits per heavy atom. The molecule has 2 amide bonds. The number of hydrogen-bond donors (Lipinski definition) is 5. The van der Waals surface area contributed by atoms with E-state index in [1.807, 2.05) is 106 Å². The number of carboxylic acid groups (broad SMARTS) is 1. The van der Waals surface area contributed by atoms with Crippen molar-refractivity contribution in [1.29, 1.82) is 0 Å². The molecule has 0 unspecified atom stereocenters. The number of esters is 1. The summed E-state index contributed by atoms with van der Waals surface area (Å²) in [6, 6.07) is 19.3. The van der Waals surface area contributed by atoms with Crippen LogP contribution < -0.4 is 20.1 Å². The number of halogens is 1. The zero-order valence-electron chi connectivity index (χ0n) is 57.0. The van der Waals surface area contributed by atoms with Gasteiger partial charge in [-0.05, 0) is 124 Å². The number of carboxylic acids is 1. The Balaban J connectivity index is 0.000000260. The van der Waals surface area contributed by atoms with Crippen molar-refractivity contribution in [3.05, 3.63) is 119 Å². The molecule has 2 aliphatic carbocycles. The SMILES string of the molecule is CC(C)(C)c1ccc(C(=O)O)cn1.COc1cccc2[nH]c(C(=O)C[C@@H](CC(C)C)C(=O)N[C@@H](C[C@@H]3CCCCC3=O)C(=O)CCl)cc12.COc1cccc2[nH]c(C(=O)C[C@@H](CC(C)C)C(=O)N[C@@H](C[C@@H]3CCCCC3=O)C(=O)COC(=O)c3ccc(C(C)(C)C)nc3)cc12. The smallest absolute Gasteiger partial charge is 0.340 e. The molecule has 20 nitrogen and oxygen atoms in total. The average Bonchev–Trinajstić information content (AvgIpc) is 1.72. The van der Waals surface area contributed by atoms with Crippen molar-refractivity contribution < 1.29 is 67.3 Å². The maximum Gasteiger partial charge on any atom is 0.340 e. The van der Waals surface area contributed by atoms with Crippen LogP contribution in [0.3, 0.4) is 0 Å². The molecule has 5 N–H and O–H groups in total. The highest BCUT2D eigenvalue weighted by Crippen LogP contribution is 2.32. The van der Waals surface area contributed by atoms with Gasteiger partial charge in [0.2, 0.25) is 11.8 Å². The number of Topliss-reactive ketones (excluding diaryl/α,β-unsaturated/α-hetero) is 6. The van der Waals surface area contributed by atoms with Crippen molar-refractivity contribution >= 4 is 91.9 Å². The lowest BCUT2D eigenvalue weighted by atomic mass is 9.82. The number of ether oxygens (including phenoxy) is 3. The second-order valence-corrected chi connectivity index (χ2v) is 28.1. The van der Waals surface area contributed by atoms with Crippen LogP contribution in [0.1, 0.15) is 212 Å². The molecule has 0 bridgehead atoms. The summed E-state index contributed by atoms with van der Waals surface area (Å²) < 4.78 is 16.2. The first-order chi connectivity index (χ1) is 44.9. The molecule has 4 heterocycles. The third-order valence-corrected chi connectivity index (χ3v) is 17.5. The van der Waals surface area contributed by atoms with Gasteiger partial charge in [0.25, 0.3) is 0 Å². The van der Waals surface area contributed by atoms with Crippen LogP contribution in [0.2, 0.25) is 0 Å². The standard InChI is InChI=1S/C37H47N3O7.C27H35ClN2O5.C10H13NO2/c1-22(2)16-25(18-31(42)29-19-26-27(39-29)11-9-13-33(26)46-6)35(44)40-28(17-23-10-7-8-12-30(23)41)32(43)21-47-36(45)24-14-15-34(38-20-24)37(3,4)5;1-16(2)11-18(13-24(32)22-14-19-20(29-22)8-6-10-26(19)35-3)27(34)30-21(25(33)15-28)12-17-7-4-5-9-23(17)31;1-10(2,3)8-5-4-7(6-11-8)9(12)13/h9,11,13-15,19-20,22-23,25,28,39H,7-8,10,12,16-18,21H2,1-6H3,(H,40,44);6,8,10,14,16-18,21,29H,4-5,7,9,11-13,15H2,1-3H3,(H,30,34);4-6H,1-3H3,(H,12,13)/t23-,25+,28-;17-,18+,21-;/m00./s1. The summed E-state index contributed by atoms with van der Waals surface area (Å²) in [5.41, 5.74) is 4.22. The van der Waals surface area contributed by atoms with Crippen molar-refractivity contribution in [3.8, 4) is 11.5 Å². The van der Waals surface area contributed by atoms with Gasteiger partial charge in [-0.3, -0.25) is 48.3 Å². The fourth-order valence-electron chi connectivity index (χ4n) is 11.9. The lowest BCUT2D eigenvalue weighted by Crippen LogP contribution is -2.47. The maximum absolute atomic E-state index is 13.8. The molecule has 512 valence electrons. The van der Waals surface area contributed by atoms with Gasteiger partial charge >= 0.3 is 11.9 Å². The van der Waals surface area contributed by atoms with Crippen LogP contribution in [0.5, 0.6) is 11.5 Å². The molecule has 2 fully saturated rings.